The lowest BCUT2D eigenvalue weighted by molar-refractivity contribution is 0.288. The van der Waals surface area contributed by atoms with Gasteiger partial charge in [-0.3, -0.25) is 0 Å². The highest BCUT2D eigenvalue weighted by molar-refractivity contribution is 7.11. The molecule has 1 saturated carbocycles. The number of guanidine groups is 1. The summed E-state index contributed by atoms with van der Waals surface area (Å²) in [6, 6.07) is 3.95. The third kappa shape index (κ3) is 5.69. The molecule has 140 valence electrons. The average Bonchev–Trinajstić information content (AvgIpc) is 3.40. The number of ether oxygens (including phenoxy) is 1. The van der Waals surface area contributed by atoms with Crippen LogP contribution in [0, 0.1) is 19.8 Å². The van der Waals surface area contributed by atoms with Crippen molar-refractivity contribution in [3.05, 3.63) is 39.5 Å². The molecule has 1 aliphatic rings. The van der Waals surface area contributed by atoms with Crippen LogP contribution in [0.2, 0.25) is 0 Å². The van der Waals surface area contributed by atoms with Gasteiger partial charge in [0.1, 0.15) is 0 Å². The van der Waals surface area contributed by atoms with E-state index in [1.165, 1.54) is 17.7 Å². The summed E-state index contributed by atoms with van der Waals surface area (Å²) in [7, 11) is 0. The minimum atomic E-state index is 0.575. The first-order valence-corrected chi connectivity index (χ1v) is 9.98. The third-order valence-corrected chi connectivity index (χ3v) is 5.21. The molecule has 0 aromatic carbocycles. The molecule has 0 saturated heterocycles. The SMILES string of the molecule is CCNC(=NCc1ccc(OCC2CC2)nc1)NCc1sc(C)nc1C. The summed E-state index contributed by atoms with van der Waals surface area (Å²) in [6.45, 7) is 9.05. The van der Waals surface area contributed by atoms with Crippen LogP contribution in [0.1, 0.15) is 40.9 Å². The summed E-state index contributed by atoms with van der Waals surface area (Å²) >= 11 is 1.72. The number of hydrogen-bond acceptors (Lipinski definition) is 5. The van der Waals surface area contributed by atoms with Gasteiger partial charge in [-0.05, 0) is 45.1 Å². The monoisotopic (exact) mass is 373 g/mol. The number of thiazole rings is 1. The van der Waals surface area contributed by atoms with Crippen LogP contribution >= 0.6 is 11.3 Å². The molecule has 26 heavy (non-hydrogen) atoms. The number of rotatable bonds is 8. The van der Waals surface area contributed by atoms with Gasteiger partial charge in [0, 0.05) is 23.7 Å². The van der Waals surface area contributed by atoms with Crippen molar-refractivity contribution in [2.24, 2.45) is 10.9 Å². The van der Waals surface area contributed by atoms with Crippen molar-refractivity contribution in [2.75, 3.05) is 13.2 Å². The Balaban J connectivity index is 1.53. The van der Waals surface area contributed by atoms with Crippen molar-refractivity contribution in [1.82, 2.24) is 20.6 Å². The van der Waals surface area contributed by atoms with E-state index < -0.39 is 0 Å². The first-order chi connectivity index (χ1) is 12.6. The van der Waals surface area contributed by atoms with Gasteiger partial charge in [-0.1, -0.05) is 6.07 Å². The van der Waals surface area contributed by atoms with Crippen molar-refractivity contribution >= 4 is 17.3 Å². The fraction of sp³-hybridized carbons (Fsp3) is 0.526. The Morgan fingerprint density at radius 2 is 2.15 bits per heavy atom. The molecule has 2 heterocycles. The number of nitrogens with zero attached hydrogens (tertiary/aromatic N) is 3. The van der Waals surface area contributed by atoms with Crippen molar-refractivity contribution in [2.45, 2.75) is 46.7 Å². The van der Waals surface area contributed by atoms with E-state index in [9.17, 15) is 0 Å². The highest BCUT2D eigenvalue weighted by Gasteiger charge is 2.22. The van der Waals surface area contributed by atoms with E-state index >= 15 is 0 Å². The van der Waals surface area contributed by atoms with Crippen LogP contribution in [-0.2, 0) is 13.1 Å². The number of hydrogen-bond donors (Lipinski definition) is 2. The highest BCUT2D eigenvalue weighted by Crippen LogP contribution is 2.29. The second-order valence-electron chi connectivity index (χ2n) is 6.55. The summed E-state index contributed by atoms with van der Waals surface area (Å²) in [5.74, 6) is 2.23. The van der Waals surface area contributed by atoms with Gasteiger partial charge in [-0.2, -0.15) is 0 Å². The zero-order valence-corrected chi connectivity index (χ0v) is 16.5. The molecule has 2 aromatic heterocycles. The lowest BCUT2D eigenvalue weighted by atomic mass is 10.3. The summed E-state index contributed by atoms with van der Waals surface area (Å²) < 4.78 is 5.67. The molecule has 0 radical (unpaired) electrons. The van der Waals surface area contributed by atoms with Gasteiger partial charge in [0.2, 0.25) is 5.88 Å². The summed E-state index contributed by atoms with van der Waals surface area (Å²) in [6.07, 6.45) is 4.41. The van der Waals surface area contributed by atoms with Crippen LogP contribution in [0.5, 0.6) is 5.88 Å². The number of nitrogens with one attached hydrogen (secondary N) is 2. The molecule has 0 amide bonds. The molecule has 1 fully saturated rings. The Morgan fingerprint density at radius 1 is 1.31 bits per heavy atom. The van der Waals surface area contributed by atoms with Crippen LogP contribution in [0.4, 0.5) is 0 Å². The molecule has 6 nitrogen and oxygen atoms in total. The van der Waals surface area contributed by atoms with Crippen molar-refractivity contribution in [1.29, 1.82) is 0 Å². The smallest absolute Gasteiger partial charge is 0.213 e. The molecular weight excluding hydrogens is 346 g/mol. The summed E-state index contributed by atoms with van der Waals surface area (Å²) in [5.41, 5.74) is 2.15. The maximum atomic E-state index is 5.67. The molecule has 0 spiro atoms. The van der Waals surface area contributed by atoms with E-state index in [2.05, 4.69) is 32.5 Å². The predicted octanol–water partition coefficient (Wildman–Crippen LogP) is 3.20. The number of aliphatic imine (C=N–C) groups is 1. The molecule has 0 aliphatic heterocycles. The molecule has 2 aromatic rings. The first-order valence-electron chi connectivity index (χ1n) is 9.17. The third-order valence-electron chi connectivity index (χ3n) is 4.14. The number of aromatic nitrogens is 2. The largest absolute Gasteiger partial charge is 0.477 e. The van der Waals surface area contributed by atoms with Gasteiger partial charge in [0.05, 0.1) is 30.4 Å². The lowest BCUT2D eigenvalue weighted by Crippen LogP contribution is -2.36. The van der Waals surface area contributed by atoms with Gasteiger partial charge in [-0.15, -0.1) is 11.3 Å². The quantitative estimate of drug-likeness (QED) is 0.549. The Morgan fingerprint density at radius 3 is 2.77 bits per heavy atom. The van der Waals surface area contributed by atoms with Crippen LogP contribution < -0.4 is 15.4 Å². The molecule has 0 bridgehead atoms. The number of pyridine rings is 1. The fourth-order valence-electron chi connectivity index (χ4n) is 2.49. The van der Waals surface area contributed by atoms with E-state index in [0.29, 0.717) is 12.4 Å². The van der Waals surface area contributed by atoms with Crippen LogP contribution in [0.15, 0.2) is 23.3 Å². The second kappa shape index (κ2) is 8.98. The van der Waals surface area contributed by atoms with Crippen LogP contribution in [-0.4, -0.2) is 29.1 Å². The molecule has 2 N–H and O–H groups in total. The predicted molar refractivity (Wildman–Crippen MR) is 106 cm³/mol. The zero-order valence-electron chi connectivity index (χ0n) is 15.7. The molecule has 7 heteroatoms. The fourth-order valence-corrected chi connectivity index (χ4v) is 3.37. The zero-order chi connectivity index (χ0) is 18.4. The van der Waals surface area contributed by atoms with Crippen LogP contribution in [0.25, 0.3) is 0 Å². The van der Waals surface area contributed by atoms with E-state index in [1.54, 1.807) is 11.3 Å². The molecule has 0 unspecified atom stereocenters. The minimum absolute atomic E-state index is 0.575. The lowest BCUT2D eigenvalue weighted by Gasteiger charge is -2.11. The van der Waals surface area contributed by atoms with Crippen LogP contribution in [0.3, 0.4) is 0 Å². The average molecular weight is 374 g/mol. The normalized spacial score (nSPS) is 14.3. The Bertz CT molecular complexity index is 737. The highest BCUT2D eigenvalue weighted by atomic mass is 32.1. The standard InChI is InChI=1S/C19H27N5OS/c1-4-20-19(23-11-17-13(2)24-14(3)26-17)22-10-16-7-8-18(21-9-16)25-12-15-5-6-15/h7-9,15H,4-6,10-12H2,1-3H3,(H2,20,22,23). The van der Waals surface area contributed by atoms with Gasteiger partial charge < -0.3 is 15.4 Å². The van der Waals surface area contributed by atoms with E-state index in [0.717, 1.165) is 47.8 Å². The minimum Gasteiger partial charge on any atom is -0.477 e. The first kappa shape index (κ1) is 18.6. The second-order valence-corrected chi connectivity index (χ2v) is 7.84. The number of aryl methyl sites for hydroxylation is 2. The Kier molecular flexibility index (Phi) is 6.44. The topological polar surface area (TPSA) is 71.4 Å². The van der Waals surface area contributed by atoms with Crippen molar-refractivity contribution < 1.29 is 4.74 Å². The van der Waals surface area contributed by atoms with E-state index in [4.69, 9.17) is 4.74 Å². The molecule has 0 atom stereocenters. The van der Waals surface area contributed by atoms with Gasteiger partial charge in [-0.25, -0.2) is 15.0 Å². The summed E-state index contributed by atoms with van der Waals surface area (Å²) in [5, 5.41) is 7.75. The molecule has 1 aliphatic carbocycles. The van der Waals surface area contributed by atoms with E-state index in [-0.39, 0.29) is 0 Å². The maximum Gasteiger partial charge on any atom is 0.213 e. The van der Waals surface area contributed by atoms with Gasteiger partial charge >= 0.3 is 0 Å². The Labute approximate surface area is 159 Å². The maximum absolute atomic E-state index is 5.67. The molecular formula is C19H27N5OS. The van der Waals surface area contributed by atoms with Gasteiger partial charge in [0.15, 0.2) is 5.96 Å². The van der Waals surface area contributed by atoms with Crippen molar-refractivity contribution in [3.63, 3.8) is 0 Å². The Hall–Kier alpha value is -2.15. The van der Waals surface area contributed by atoms with E-state index in [1.807, 2.05) is 32.2 Å². The molecule has 3 rings (SSSR count). The van der Waals surface area contributed by atoms with Gasteiger partial charge in [0.25, 0.3) is 0 Å². The van der Waals surface area contributed by atoms with Crippen molar-refractivity contribution in [3.8, 4) is 5.88 Å². The summed E-state index contributed by atoms with van der Waals surface area (Å²) in [4.78, 5) is 14.7.